The third-order valence-electron chi connectivity index (χ3n) is 0.470. The van der Waals surface area contributed by atoms with E-state index in [0.717, 1.165) is 0 Å². The zero-order chi connectivity index (χ0) is 7.54. The summed E-state index contributed by atoms with van der Waals surface area (Å²) in [6.45, 7) is 5.35. The first-order valence-electron chi connectivity index (χ1n) is 2.77. The topological polar surface area (TPSA) is 40.5 Å². The fraction of sp³-hybridized carbons (Fsp3) is 0.429. The molecule has 0 aromatic carbocycles. The Morgan fingerprint density at radius 1 is 1.33 bits per heavy atom. The summed E-state index contributed by atoms with van der Waals surface area (Å²) in [5.41, 5.74) is 0. The van der Waals surface area contributed by atoms with E-state index >= 15 is 0 Å². The van der Waals surface area contributed by atoms with Gasteiger partial charge in [-0.3, -0.25) is 0 Å². The van der Waals surface area contributed by atoms with Crippen molar-refractivity contribution in [2.24, 2.45) is 0 Å². The highest BCUT2D eigenvalue weighted by molar-refractivity contribution is 4.74. The molecule has 0 fully saturated rings. The van der Waals surface area contributed by atoms with E-state index in [0.29, 0.717) is 0 Å². The van der Waals surface area contributed by atoms with Crippen molar-refractivity contribution in [3.8, 4) is 0 Å². The monoisotopic (exact) mass is 130 g/mol. The Morgan fingerprint density at radius 2 is 1.78 bits per heavy atom. The first kappa shape index (κ1) is 11.2. The Hall–Kier alpha value is -0.600. The van der Waals surface area contributed by atoms with Crippen molar-refractivity contribution < 1.29 is 10.2 Å². The molecule has 2 N–H and O–H groups in total. The molecule has 2 heteroatoms. The smallest absolute Gasteiger partial charge is 0.0612 e. The van der Waals surface area contributed by atoms with Crippen LogP contribution >= 0.6 is 0 Å². The molecule has 2 nitrogen and oxygen atoms in total. The Bertz CT molecular complexity index is 67.3. The molecule has 0 spiro atoms. The van der Waals surface area contributed by atoms with Crippen molar-refractivity contribution >= 4 is 0 Å². The molecule has 0 aromatic heterocycles. The van der Waals surface area contributed by atoms with E-state index in [1.165, 1.54) is 6.08 Å². The van der Waals surface area contributed by atoms with Crippen molar-refractivity contribution in [1.29, 1.82) is 0 Å². The van der Waals surface area contributed by atoms with E-state index in [4.69, 9.17) is 10.2 Å². The summed E-state index contributed by atoms with van der Waals surface area (Å²) in [6.07, 6.45) is 4.92. The van der Waals surface area contributed by atoms with Crippen molar-refractivity contribution in [3.05, 3.63) is 24.8 Å². The van der Waals surface area contributed by atoms with Crippen LogP contribution in [0.15, 0.2) is 24.8 Å². The number of aliphatic hydroxyl groups excluding tert-OH is 2. The van der Waals surface area contributed by atoms with Gasteiger partial charge < -0.3 is 10.2 Å². The Balaban J connectivity index is 0. The molecule has 0 amide bonds. The van der Waals surface area contributed by atoms with Gasteiger partial charge in [0.25, 0.3) is 0 Å². The summed E-state index contributed by atoms with van der Waals surface area (Å²) in [5, 5.41) is 15.7. The van der Waals surface area contributed by atoms with Crippen LogP contribution in [0.25, 0.3) is 0 Å². The molecular formula is C7H14O2. The first-order chi connectivity index (χ1) is 4.33. The van der Waals surface area contributed by atoms with Gasteiger partial charge in [0.2, 0.25) is 0 Å². The van der Waals surface area contributed by atoms with Gasteiger partial charge in [0.05, 0.1) is 13.2 Å². The zero-order valence-corrected chi connectivity index (χ0v) is 5.75. The van der Waals surface area contributed by atoms with Crippen LogP contribution in [0.4, 0.5) is 0 Å². The van der Waals surface area contributed by atoms with Gasteiger partial charge in [-0.15, -0.1) is 6.58 Å². The standard InChI is InChI=1S/C4H8O.C3H6O/c1-2-3-4-5;1-2-3-4/h2-3,5H,4H2,1H3;2,4H,1,3H2/b3-2+;. The second kappa shape index (κ2) is 15.7. The highest BCUT2D eigenvalue weighted by atomic mass is 16.3. The molecule has 0 aliphatic rings. The average molecular weight is 130 g/mol. The molecular weight excluding hydrogens is 116 g/mol. The number of aliphatic hydroxyl groups is 2. The normalized spacial score (nSPS) is 8.33. The SMILES string of the molecule is C/C=C/CO.C=CCO. The predicted octanol–water partition coefficient (Wildman–Crippen LogP) is 0.720. The van der Waals surface area contributed by atoms with E-state index in [2.05, 4.69) is 6.58 Å². The van der Waals surface area contributed by atoms with Gasteiger partial charge in [-0.1, -0.05) is 18.2 Å². The number of hydrogen-bond acceptors (Lipinski definition) is 2. The minimum absolute atomic E-state index is 0.0833. The van der Waals surface area contributed by atoms with Crippen LogP contribution in [0.3, 0.4) is 0 Å². The van der Waals surface area contributed by atoms with Crippen LogP contribution < -0.4 is 0 Å². The maximum absolute atomic E-state index is 7.98. The molecule has 0 aliphatic carbocycles. The van der Waals surface area contributed by atoms with Crippen LogP contribution in [0, 0.1) is 0 Å². The zero-order valence-electron chi connectivity index (χ0n) is 5.75. The third kappa shape index (κ3) is 37.5. The number of rotatable bonds is 2. The molecule has 0 atom stereocenters. The van der Waals surface area contributed by atoms with Crippen molar-refractivity contribution in [1.82, 2.24) is 0 Å². The molecule has 0 unspecified atom stereocenters. The lowest BCUT2D eigenvalue weighted by molar-refractivity contribution is 0.342. The maximum Gasteiger partial charge on any atom is 0.0612 e. The third-order valence-corrected chi connectivity index (χ3v) is 0.470. The fourth-order valence-electron chi connectivity index (χ4n) is 0.105. The second-order valence-corrected chi connectivity index (χ2v) is 1.22. The summed E-state index contributed by atoms with van der Waals surface area (Å²) in [7, 11) is 0. The quantitative estimate of drug-likeness (QED) is 0.541. The lowest BCUT2D eigenvalue weighted by Crippen LogP contribution is -1.65. The first-order valence-corrected chi connectivity index (χ1v) is 2.77. The van der Waals surface area contributed by atoms with Gasteiger partial charge in [-0.05, 0) is 6.92 Å². The van der Waals surface area contributed by atoms with E-state index in [1.807, 2.05) is 6.92 Å². The second-order valence-electron chi connectivity index (χ2n) is 1.22. The highest BCUT2D eigenvalue weighted by Gasteiger charge is 1.52. The summed E-state index contributed by atoms with van der Waals surface area (Å²) in [6, 6.07) is 0. The van der Waals surface area contributed by atoms with Crippen LogP contribution in [-0.4, -0.2) is 23.4 Å². The summed E-state index contributed by atoms with van der Waals surface area (Å²) < 4.78 is 0. The van der Waals surface area contributed by atoms with Gasteiger partial charge in [0.1, 0.15) is 0 Å². The molecule has 54 valence electrons. The summed E-state index contributed by atoms with van der Waals surface area (Å²) >= 11 is 0. The Morgan fingerprint density at radius 3 is 1.78 bits per heavy atom. The molecule has 0 heterocycles. The van der Waals surface area contributed by atoms with Crippen molar-refractivity contribution in [3.63, 3.8) is 0 Å². The lowest BCUT2D eigenvalue weighted by Gasteiger charge is -1.66. The summed E-state index contributed by atoms with van der Waals surface area (Å²) in [5.74, 6) is 0. The van der Waals surface area contributed by atoms with Gasteiger partial charge in [0, 0.05) is 0 Å². The minimum atomic E-state index is 0.0833. The van der Waals surface area contributed by atoms with Gasteiger partial charge in [-0.2, -0.15) is 0 Å². The van der Waals surface area contributed by atoms with Crippen LogP contribution in [0.2, 0.25) is 0 Å². The van der Waals surface area contributed by atoms with Crippen molar-refractivity contribution in [2.75, 3.05) is 13.2 Å². The van der Waals surface area contributed by atoms with E-state index in [9.17, 15) is 0 Å². The Labute approximate surface area is 56.1 Å². The number of hydrogen-bond donors (Lipinski definition) is 2. The average Bonchev–Trinajstić information content (AvgIpc) is 1.91. The highest BCUT2D eigenvalue weighted by Crippen LogP contribution is 1.60. The van der Waals surface area contributed by atoms with Gasteiger partial charge in [-0.25, -0.2) is 0 Å². The van der Waals surface area contributed by atoms with E-state index in [-0.39, 0.29) is 13.2 Å². The molecule has 0 bridgehead atoms. The Kier molecular flexibility index (Phi) is 19.5. The molecule has 0 aliphatic heterocycles. The maximum atomic E-state index is 7.98. The molecule has 9 heavy (non-hydrogen) atoms. The largest absolute Gasteiger partial charge is 0.392 e. The lowest BCUT2D eigenvalue weighted by atomic mass is 10.6. The fourth-order valence-corrected chi connectivity index (χ4v) is 0.105. The molecule has 0 radical (unpaired) electrons. The number of allylic oxidation sites excluding steroid dienone is 1. The van der Waals surface area contributed by atoms with Gasteiger partial charge in [0.15, 0.2) is 0 Å². The molecule has 0 rings (SSSR count). The van der Waals surface area contributed by atoms with Crippen molar-refractivity contribution in [2.45, 2.75) is 6.92 Å². The molecule has 0 saturated carbocycles. The summed E-state index contributed by atoms with van der Waals surface area (Å²) in [4.78, 5) is 0. The van der Waals surface area contributed by atoms with E-state index in [1.54, 1.807) is 12.2 Å². The van der Waals surface area contributed by atoms with Crippen LogP contribution in [-0.2, 0) is 0 Å². The van der Waals surface area contributed by atoms with Gasteiger partial charge >= 0.3 is 0 Å². The molecule has 0 aromatic rings. The minimum Gasteiger partial charge on any atom is -0.392 e. The predicted molar refractivity (Wildman–Crippen MR) is 39.2 cm³/mol. The van der Waals surface area contributed by atoms with Crippen LogP contribution in [0.1, 0.15) is 6.92 Å². The van der Waals surface area contributed by atoms with E-state index < -0.39 is 0 Å². The molecule has 0 saturated heterocycles. The van der Waals surface area contributed by atoms with Crippen LogP contribution in [0.5, 0.6) is 0 Å².